The summed E-state index contributed by atoms with van der Waals surface area (Å²) in [5, 5.41) is 12.1. The van der Waals surface area contributed by atoms with Gasteiger partial charge in [-0.15, -0.1) is 10.2 Å². The van der Waals surface area contributed by atoms with Crippen molar-refractivity contribution >= 4 is 39.3 Å². The van der Waals surface area contributed by atoms with Crippen LogP contribution in [-0.4, -0.2) is 41.9 Å². The maximum absolute atomic E-state index is 11.7. The molecule has 0 radical (unpaired) electrons. The molecule has 0 bridgehead atoms. The largest absolute Gasteiger partial charge is 0.367 e. The predicted octanol–water partition coefficient (Wildman–Crippen LogP) is 5.78. The lowest BCUT2D eigenvalue weighted by atomic mass is 10.1. The van der Waals surface area contributed by atoms with E-state index >= 15 is 0 Å². The van der Waals surface area contributed by atoms with Gasteiger partial charge in [0.1, 0.15) is 17.4 Å². The van der Waals surface area contributed by atoms with Gasteiger partial charge in [0.05, 0.1) is 22.1 Å². The number of nitrogens with zero attached hydrogens (tertiary/aromatic N) is 5. The van der Waals surface area contributed by atoms with Crippen molar-refractivity contribution in [3.63, 3.8) is 0 Å². The smallest absolute Gasteiger partial charge is 0.204 e. The first-order valence-electron chi connectivity index (χ1n) is 12.4. The topological polar surface area (TPSA) is 101 Å². The zero-order valence-corrected chi connectivity index (χ0v) is 20.6. The van der Waals surface area contributed by atoms with E-state index in [1.165, 1.54) is 5.56 Å². The molecule has 0 aliphatic carbocycles. The fourth-order valence-electron chi connectivity index (χ4n) is 4.54. The monoisotopic (exact) mass is 469 g/mol. The third-order valence-electron chi connectivity index (χ3n) is 6.35. The molecule has 8 heteroatoms. The summed E-state index contributed by atoms with van der Waals surface area (Å²) in [5.41, 5.74) is 6.67. The van der Waals surface area contributed by atoms with E-state index < -0.39 is 0 Å². The second-order valence-electron chi connectivity index (χ2n) is 9.20. The molecule has 0 saturated heterocycles. The molecule has 8 nitrogen and oxygen atoms in total. The number of rotatable bonds is 10. The number of hydrogen-bond donors (Lipinski definition) is 2. The number of benzene rings is 2. The lowest BCUT2D eigenvalue weighted by Crippen LogP contribution is -2.07. The van der Waals surface area contributed by atoms with Crippen LogP contribution < -0.4 is 5.32 Å². The Morgan fingerprint density at radius 3 is 2.71 bits per heavy atom. The summed E-state index contributed by atoms with van der Waals surface area (Å²) in [6.45, 7) is 6.84. The summed E-state index contributed by atoms with van der Waals surface area (Å²) in [5.74, 6) is 2.73. The molecule has 0 aliphatic heterocycles. The number of ketones is 1. The van der Waals surface area contributed by atoms with Gasteiger partial charge in [0.15, 0.2) is 5.82 Å². The van der Waals surface area contributed by atoms with Gasteiger partial charge in [-0.3, -0.25) is 9.20 Å². The Morgan fingerprint density at radius 1 is 0.971 bits per heavy atom. The van der Waals surface area contributed by atoms with Crippen LogP contribution in [0.2, 0.25) is 0 Å². The highest BCUT2D eigenvalue weighted by Gasteiger charge is 2.15. The van der Waals surface area contributed by atoms with E-state index in [1.54, 1.807) is 0 Å². The van der Waals surface area contributed by atoms with Crippen molar-refractivity contribution in [3.05, 3.63) is 47.8 Å². The fourth-order valence-corrected chi connectivity index (χ4v) is 4.54. The van der Waals surface area contributed by atoms with Crippen LogP contribution in [0.25, 0.3) is 39.1 Å². The fraction of sp³-hybridized carbons (Fsp3) is 0.370. The molecule has 0 spiro atoms. The SMILES string of the molecule is CCCC(=O)CCCCCNc1nc2cc(-c3nc4ccc(C)cc4[nH]3)ccc2n2c(C)nnc12. The Morgan fingerprint density at radius 2 is 1.86 bits per heavy atom. The van der Waals surface area contributed by atoms with Crippen molar-refractivity contribution in [2.75, 3.05) is 11.9 Å². The lowest BCUT2D eigenvalue weighted by Gasteiger charge is -2.10. The molecule has 3 aromatic heterocycles. The van der Waals surface area contributed by atoms with Gasteiger partial charge in [-0.25, -0.2) is 9.97 Å². The van der Waals surface area contributed by atoms with Gasteiger partial charge >= 0.3 is 0 Å². The molecule has 0 aliphatic rings. The van der Waals surface area contributed by atoms with E-state index in [9.17, 15) is 4.79 Å². The van der Waals surface area contributed by atoms with Crippen molar-refractivity contribution in [1.82, 2.24) is 29.5 Å². The molecule has 5 aromatic rings. The number of carbonyl (C=O) groups is 1. The van der Waals surface area contributed by atoms with Gasteiger partial charge in [-0.05, 0) is 69.0 Å². The van der Waals surface area contributed by atoms with Crippen molar-refractivity contribution in [2.45, 2.75) is 59.3 Å². The highest BCUT2D eigenvalue weighted by Crippen LogP contribution is 2.27. The molecule has 2 aromatic carbocycles. The summed E-state index contributed by atoms with van der Waals surface area (Å²) in [7, 11) is 0. The molecular weight excluding hydrogens is 438 g/mol. The molecule has 0 unspecified atom stereocenters. The minimum atomic E-state index is 0.368. The number of nitrogens with one attached hydrogen (secondary N) is 2. The Labute approximate surface area is 204 Å². The Kier molecular flexibility index (Phi) is 6.44. The van der Waals surface area contributed by atoms with E-state index in [0.717, 1.165) is 83.0 Å². The number of anilines is 1. The highest BCUT2D eigenvalue weighted by molar-refractivity contribution is 5.87. The number of carbonyl (C=O) groups excluding carboxylic acids is 1. The van der Waals surface area contributed by atoms with Crippen molar-refractivity contribution in [3.8, 4) is 11.4 Å². The van der Waals surface area contributed by atoms with Gasteiger partial charge in [-0.2, -0.15) is 0 Å². The number of hydrogen-bond acceptors (Lipinski definition) is 6. The van der Waals surface area contributed by atoms with E-state index in [1.807, 2.05) is 24.3 Å². The van der Waals surface area contributed by atoms with Crippen LogP contribution in [0.5, 0.6) is 0 Å². The molecule has 0 fully saturated rings. The van der Waals surface area contributed by atoms with Crippen LogP contribution in [0.4, 0.5) is 5.82 Å². The normalized spacial score (nSPS) is 11.6. The van der Waals surface area contributed by atoms with Crippen molar-refractivity contribution in [2.24, 2.45) is 0 Å². The molecule has 2 N–H and O–H groups in total. The number of unbranched alkanes of at least 4 members (excludes halogenated alkanes) is 2. The number of fused-ring (bicyclic) bond motifs is 4. The second-order valence-corrected chi connectivity index (χ2v) is 9.20. The number of Topliss-reactive ketones (excluding diaryl/α,β-unsaturated/α-hetero) is 1. The van der Waals surface area contributed by atoms with Crippen LogP contribution in [0.15, 0.2) is 36.4 Å². The van der Waals surface area contributed by atoms with E-state index in [2.05, 4.69) is 57.8 Å². The number of aromatic amines is 1. The molecule has 35 heavy (non-hydrogen) atoms. The van der Waals surface area contributed by atoms with E-state index in [4.69, 9.17) is 9.97 Å². The molecule has 0 amide bonds. The molecule has 0 atom stereocenters. The maximum atomic E-state index is 11.7. The van der Waals surface area contributed by atoms with Crippen LogP contribution >= 0.6 is 0 Å². The van der Waals surface area contributed by atoms with Crippen molar-refractivity contribution < 1.29 is 4.79 Å². The summed E-state index contributed by atoms with van der Waals surface area (Å²) in [6, 6.07) is 12.4. The predicted molar refractivity (Wildman–Crippen MR) is 140 cm³/mol. The number of imidazole rings is 1. The summed E-state index contributed by atoms with van der Waals surface area (Å²) < 4.78 is 2.04. The third kappa shape index (κ3) is 4.73. The number of aromatic nitrogens is 6. The first-order chi connectivity index (χ1) is 17.0. The molecular formula is C27H31N7O. The van der Waals surface area contributed by atoms with Crippen LogP contribution in [-0.2, 0) is 4.79 Å². The molecule has 3 heterocycles. The van der Waals surface area contributed by atoms with Gasteiger partial charge in [-0.1, -0.05) is 19.4 Å². The Bertz CT molecular complexity index is 1510. The first kappa shape index (κ1) is 23.0. The Balaban J connectivity index is 1.39. The number of aryl methyl sites for hydroxylation is 2. The minimum Gasteiger partial charge on any atom is -0.367 e. The second kappa shape index (κ2) is 9.82. The summed E-state index contributed by atoms with van der Waals surface area (Å²) >= 11 is 0. The van der Waals surface area contributed by atoms with Gasteiger partial charge in [0, 0.05) is 24.9 Å². The molecule has 180 valence electrons. The quantitative estimate of drug-likeness (QED) is 0.252. The molecule has 0 saturated carbocycles. The van der Waals surface area contributed by atoms with Crippen molar-refractivity contribution in [1.29, 1.82) is 0 Å². The highest BCUT2D eigenvalue weighted by atomic mass is 16.1. The average molecular weight is 470 g/mol. The number of H-pyrrole nitrogens is 1. The van der Waals surface area contributed by atoms with Gasteiger partial charge < -0.3 is 10.3 Å². The van der Waals surface area contributed by atoms with Gasteiger partial charge in [0.2, 0.25) is 5.65 Å². The van der Waals surface area contributed by atoms with Crippen LogP contribution in [0, 0.1) is 13.8 Å². The zero-order chi connectivity index (χ0) is 24.4. The summed E-state index contributed by atoms with van der Waals surface area (Å²) in [4.78, 5) is 24.8. The van der Waals surface area contributed by atoms with Crippen LogP contribution in [0.3, 0.4) is 0 Å². The van der Waals surface area contributed by atoms with Gasteiger partial charge in [0.25, 0.3) is 0 Å². The first-order valence-corrected chi connectivity index (χ1v) is 12.4. The maximum Gasteiger partial charge on any atom is 0.204 e. The standard InChI is InChI=1S/C27H31N7O/c1-4-8-20(35)9-6-5-7-14-28-26-27-33-32-18(3)34(27)24-13-11-19(16-23(24)31-26)25-29-21-12-10-17(2)15-22(21)30-25/h10-13,15-16H,4-9,14H2,1-3H3,(H,28,31)(H,29,30). The third-order valence-corrected chi connectivity index (χ3v) is 6.35. The van der Waals surface area contributed by atoms with E-state index in [-0.39, 0.29) is 0 Å². The Hall–Kier alpha value is -3.81. The lowest BCUT2D eigenvalue weighted by molar-refractivity contribution is -0.119. The zero-order valence-electron chi connectivity index (χ0n) is 20.6. The average Bonchev–Trinajstić information content (AvgIpc) is 3.44. The molecule has 5 rings (SSSR count). The summed E-state index contributed by atoms with van der Waals surface area (Å²) in [6.07, 6.45) is 5.22. The van der Waals surface area contributed by atoms with Crippen LogP contribution in [0.1, 0.15) is 56.8 Å². The van der Waals surface area contributed by atoms with E-state index in [0.29, 0.717) is 18.6 Å². The minimum absolute atomic E-state index is 0.368.